The van der Waals surface area contributed by atoms with Crippen molar-refractivity contribution >= 4 is 5.91 Å². The maximum absolute atomic E-state index is 11.7. The van der Waals surface area contributed by atoms with E-state index in [1.54, 1.807) is 0 Å². The maximum atomic E-state index is 11.7. The molecule has 1 N–H and O–H groups in total. The number of amides is 1. The molecule has 2 saturated carbocycles. The van der Waals surface area contributed by atoms with Crippen molar-refractivity contribution in [1.82, 2.24) is 5.32 Å². The molecule has 0 spiro atoms. The van der Waals surface area contributed by atoms with E-state index < -0.39 is 0 Å². The first-order valence-corrected chi connectivity index (χ1v) is 6.46. The van der Waals surface area contributed by atoms with E-state index in [-0.39, 0.29) is 5.91 Å². The fourth-order valence-electron chi connectivity index (χ4n) is 3.33. The van der Waals surface area contributed by atoms with Crippen LogP contribution in [-0.4, -0.2) is 12.5 Å². The highest BCUT2D eigenvalue weighted by molar-refractivity contribution is 5.76. The van der Waals surface area contributed by atoms with E-state index in [1.807, 2.05) is 6.92 Å². The molecule has 1 amide bonds. The summed E-state index contributed by atoms with van der Waals surface area (Å²) in [6, 6.07) is 0. The van der Waals surface area contributed by atoms with E-state index in [1.165, 1.54) is 25.7 Å². The molecule has 0 aromatic carbocycles. The summed E-state index contributed by atoms with van der Waals surface area (Å²) in [6.45, 7) is 2.54. The Bertz CT molecular complexity index is 312. The van der Waals surface area contributed by atoms with Crippen LogP contribution in [0.4, 0.5) is 0 Å². The first-order chi connectivity index (χ1) is 7.79. The summed E-state index contributed by atoms with van der Waals surface area (Å²) in [5.41, 5.74) is 0. The molecule has 0 aromatic heterocycles. The van der Waals surface area contributed by atoms with Crippen LogP contribution in [0.5, 0.6) is 0 Å². The lowest BCUT2D eigenvalue weighted by Crippen LogP contribution is -2.27. The standard InChI is InChI=1S/C14H21NO/c1-2-3-4-7-15-14(16)10-13-9-11-5-6-12(13)8-11/h11-13H,4-10H2,1H3,(H,15,16)/t11-,12-,13+/m0/s1. The third-order valence-electron chi connectivity index (χ3n) is 4.08. The molecule has 16 heavy (non-hydrogen) atoms. The summed E-state index contributed by atoms with van der Waals surface area (Å²) < 4.78 is 0. The number of rotatable bonds is 4. The van der Waals surface area contributed by atoms with Gasteiger partial charge in [0.05, 0.1) is 0 Å². The normalized spacial score (nSPS) is 30.9. The van der Waals surface area contributed by atoms with Crippen LogP contribution in [0.25, 0.3) is 0 Å². The molecule has 2 rings (SSSR count). The molecule has 2 fully saturated rings. The Kier molecular flexibility index (Phi) is 3.88. The number of hydrogen-bond donors (Lipinski definition) is 1. The monoisotopic (exact) mass is 219 g/mol. The minimum atomic E-state index is 0.232. The predicted molar refractivity (Wildman–Crippen MR) is 64.6 cm³/mol. The molecular weight excluding hydrogens is 198 g/mol. The lowest BCUT2D eigenvalue weighted by atomic mass is 9.86. The van der Waals surface area contributed by atoms with Gasteiger partial charge in [-0.1, -0.05) is 6.42 Å². The van der Waals surface area contributed by atoms with E-state index in [4.69, 9.17) is 0 Å². The van der Waals surface area contributed by atoms with Crippen molar-refractivity contribution in [2.24, 2.45) is 17.8 Å². The summed E-state index contributed by atoms with van der Waals surface area (Å²) in [5.74, 6) is 8.50. The Labute approximate surface area is 98.2 Å². The second kappa shape index (κ2) is 5.39. The van der Waals surface area contributed by atoms with Crippen LogP contribution in [0.3, 0.4) is 0 Å². The summed E-state index contributed by atoms with van der Waals surface area (Å²) in [6.07, 6.45) is 6.99. The van der Waals surface area contributed by atoms with E-state index in [2.05, 4.69) is 17.2 Å². The first kappa shape index (κ1) is 11.5. The molecule has 2 aliphatic carbocycles. The first-order valence-electron chi connectivity index (χ1n) is 6.46. The molecule has 0 radical (unpaired) electrons. The Hall–Kier alpha value is -0.970. The minimum absolute atomic E-state index is 0.232. The quantitative estimate of drug-likeness (QED) is 0.570. The molecule has 0 aromatic rings. The minimum Gasteiger partial charge on any atom is -0.355 e. The van der Waals surface area contributed by atoms with Crippen LogP contribution in [0.2, 0.25) is 0 Å². The van der Waals surface area contributed by atoms with Crippen LogP contribution < -0.4 is 5.32 Å². The third-order valence-corrected chi connectivity index (χ3v) is 4.08. The van der Waals surface area contributed by atoms with E-state index in [0.717, 1.165) is 24.7 Å². The van der Waals surface area contributed by atoms with Gasteiger partial charge in [-0.2, -0.15) is 0 Å². The summed E-state index contributed by atoms with van der Waals surface area (Å²) in [4.78, 5) is 11.7. The van der Waals surface area contributed by atoms with Crippen LogP contribution in [-0.2, 0) is 4.79 Å². The number of hydrogen-bond acceptors (Lipinski definition) is 1. The Morgan fingerprint density at radius 1 is 1.38 bits per heavy atom. The van der Waals surface area contributed by atoms with Crippen LogP contribution in [0, 0.1) is 29.6 Å². The van der Waals surface area contributed by atoms with Gasteiger partial charge in [-0.05, 0) is 43.9 Å². The SMILES string of the molecule is CC#CCCNC(=O)C[C@H]1C[C@H]2CC[C@H]1C2. The average molecular weight is 219 g/mol. The molecule has 0 saturated heterocycles. The average Bonchev–Trinajstić information content (AvgIpc) is 2.86. The van der Waals surface area contributed by atoms with Gasteiger partial charge in [-0.15, -0.1) is 11.8 Å². The number of carbonyl (C=O) groups excluding carboxylic acids is 1. The highest BCUT2D eigenvalue weighted by atomic mass is 16.1. The number of fused-ring (bicyclic) bond motifs is 2. The van der Waals surface area contributed by atoms with Crippen molar-refractivity contribution in [2.45, 2.75) is 45.4 Å². The molecule has 2 nitrogen and oxygen atoms in total. The fraction of sp³-hybridized carbons (Fsp3) is 0.786. The molecule has 3 atom stereocenters. The van der Waals surface area contributed by atoms with Crippen molar-refractivity contribution < 1.29 is 4.79 Å². The van der Waals surface area contributed by atoms with Crippen molar-refractivity contribution in [3.05, 3.63) is 0 Å². The van der Waals surface area contributed by atoms with Crippen molar-refractivity contribution in [1.29, 1.82) is 0 Å². The molecule has 0 unspecified atom stereocenters. The highest BCUT2D eigenvalue weighted by Crippen LogP contribution is 2.49. The smallest absolute Gasteiger partial charge is 0.220 e. The van der Waals surface area contributed by atoms with Gasteiger partial charge in [0.2, 0.25) is 5.91 Å². The zero-order valence-corrected chi connectivity index (χ0v) is 10.1. The summed E-state index contributed by atoms with van der Waals surface area (Å²) in [5, 5.41) is 2.96. The second-order valence-corrected chi connectivity index (χ2v) is 5.17. The van der Waals surface area contributed by atoms with Gasteiger partial charge in [-0.25, -0.2) is 0 Å². The van der Waals surface area contributed by atoms with Gasteiger partial charge < -0.3 is 5.32 Å². The van der Waals surface area contributed by atoms with Gasteiger partial charge in [0.25, 0.3) is 0 Å². The second-order valence-electron chi connectivity index (χ2n) is 5.17. The number of nitrogens with one attached hydrogen (secondary N) is 1. The molecule has 2 heteroatoms. The molecule has 2 bridgehead atoms. The van der Waals surface area contributed by atoms with Crippen molar-refractivity contribution in [3.63, 3.8) is 0 Å². The van der Waals surface area contributed by atoms with E-state index in [9.17, 15) is 4.79 Å². The van der Waals surface area contributed by atoms with Gasteiger partial charge in [0, 0.05) is 19.4 Å². The molecule has 0 aliphatic heterocycles. The Balaban J connectivity index is 1.65. The lowest BCUT2D eigenvalue weighted by molar-refractivity contribution is -0.122. The Morgan fingerprint density at radius 3 is 2.88 bits per heavy atom. The molecule has 2 aliphatic rings. The lowest BCUT2D eigenvalue weighted by Gasteiger charge is -2.20. The largest absolute Gasteiger partial charge is 0.355 e. The van der Waals surface area contributed by atoms with E-state index in [0.29, 0.717) is 12.5 Å². The van der Waals surface area contributed by atoms with Gasteiger partial charge in [-0.3, -0.25) is 4.79 Å². The van der Waals surface area contributed by atoms with Crippen LogP contribution in [0.15, 0.2) is 0 Å². The van der Waals surface area contributed by atoms with Gasteiger partial charge in [0.15, 0.2) is 0 Å². The zero-order chi connectivity index (χ0) is 11.4. The number of carbonyl (C=O) groups is 1. The van der Waals surface area contributed by atoms with Crippen LogP contribution >= 0.6 is 0 Å². The fourth-order valence-corrected chi connectivity index (χ4v) is 3.33. The molecular formula is C14H21NO. The predicted octanol–water partition coefficient (Wildman–Crippen LogP) is 2.34. The topological polar surface area (TPSA) is 29.1 Å². The van der Waals surface area contributed by atoms with Gasteiger partial charge >= 0.3 is 0 Å². The zero-order valence-electron chi connectivity index (χ0n) is 10.1. The summed E-state index contributed by atoms with van der Waals surface area (Å²) in [7, 11) is 0. The molecule has 0 heterocycles. The van der Waals surface area contributed by atoms with Crippen molar-refractivity contribution in [3.8, 4) is 11.8 Å². The van der Waals surface area contributed by atoms with E-state index >= 15 is 0 Å². The Morgan fingerprint density at radius 2 is 2.25 bits per heavy atom. The summed E-state index contributed by atoms with van der Waals surface area (Å²) >= 11 is 0. The van der Waals surface area contributed by atoms with Crippen molar-refractivity contribution in [2.75, 3.05) is 6.54 Å². The molecule has 88 valence electrons. The highest BCUT2D eigenvalue weighted by Gasteiger charge is 2.39. The van der Waals surface area contributed by atoms with Gasteiger partial charge in [0.1, 0.15) is 0 Å². The maximum Gasteiger partial charge on any atom is 0.220 e. The third kappa shape index (κ3) is 2.78. The van der Waals surface area contributed by atoms with Crippen LogP contribution in [0.1, 0.15) is 45.4 Å².